The lowest BCUT2D eigenvalue weighted by Crippen LogP contribution is -2.64. The molecular weight excluding hydrogens is 1960 g/mol. The molecule has 7 aromatic rings. The molecule has 35 nitrogen and oxygen atoms in total. The number of aliphatic hydroxyl groups excluding tert-OH is 1. The highest BCUT2D eigenvalue weighted by molar-refractivity contribution is 6.31. The summed E-state index contributed by atoms with van der Waals surface area (Å²) in [4.78, 5) is 114. The molecule has 45 heteroatoms. The van der Waals surface area contributed by atoms with Crippen LogP contribution in [0.2, 0.25) is 26.3 Å². The minimum absolute atomic E-state index is 0.00896. The Hall–Kier alpha value is -10.2. The van der Waals surface area contributed by atoms with Gasteiger partial charge in [-0.25, -0.2) is 43.9 Å². The Balaban J connectivity index is 0.000000150. The van der Waals surface area contributed by atoms with E-state index in [1.807, 2.05) is 87.7 Å². The van der Waals surface area contributed by atoms with Crippen LogP contribution in [-0.2, 0) is 42.9 Å². The summed E-state index contributed by atoms with van der Waals surface area (Å²) in [6, 6.07) is 16.1. The number of anilines is 5. The third-order valence-corrected chi connectivity index (χ3v) is 27.0. The number of aliphatic hydroxyl groups is 1. The SMILES string of the molecule is CC(=O)N1CC2(CC(COc3nc(Cl)ncc3F)C2)C1.CC(=O)N1CC2(CC(COc3nc(Nc4ccc(N5C[C@@H](C)O[C@@H](C)C5)cc4)ncc3F)C2)C1.CC(=O)OC(C)=O.CC(C)(C)OC(=O)N1CC2(CC(CO)C2)C1.CC(C)(C)OC(=O)N1CC2(CC(COc3nc(Cl)ncc3F)C2)C1.C[C@@H]1CN(c2ccc(N)cc2)C[C@H](C)O1.Fc1cnc(Cl)nc1Cl.Fc1cnc(Cl)nc1OCC1CC2(CNC2)C1. The normalized spacial score (nSPS) is 21.4. The van der Waals surface area contributed by atoms with Gasteiger partial charge in [0.1, 0.15) is 11.2 Å². The first kappa shape index (κ1) is 111. The Morgan fingerprint density at radius 2 is 0.725 bits per heavy atom. The van der Waals surface area contributed by atoms with Gasteiger partial charge in [0.25, 0.3) is 23.5 Å². The Kier molecular flexibility index (Phi) is 37.2. The van der Waals surface area contributed by atoms with Crippen molar-refractivity contribution in [3.05, 3.63) is 135 Å². The number of rotatable bonds is 17. The number of nitrogen functional groups attached to an aromatic ring is 1. The molecule has 12 aliphatic rings. The Morgan fingerprint density at radius 3 is 1.01 bits per heavy atom. The number of morpholine rings is 2. The Bertz CT molecular complexity index is 5420. The number of benzene rings is 2. The van der Waals surface area contributed by atoms with Crippen LogP contribution in [0, 0.1) is 85.8 Å². The summed E-state index contributed by atoms with van der Waals surface area (Å²) >= 11 is 27.3. The van der Waals surface area contributed by atoms with Gasteiger partial charge >= 0.3 is 24.1 Å². The van der Waals surface area contributed by atoms with E-state index in [9.17, 15) is 50.7 Å². The summed E-state index contributed by atoms with van der Waals surface area (Å²) in [6.45, 7) is 39.4. The van der Waals surface area contributed by atoms with Gasteiger partial charge in [-0.3, -0.25) is 19.2 Å². The van der Waals surface area contributed by atoms with Crippen LogP contribution in [0.25, 0.3) is 0 Å². The van der Waals surface area contributed by atoms with E-state index in [-0.39, 0.29) is 109 Å². The summed E-state index contributed by atoms with van der Waals surface area (Å²) < 4.78 is 114. The number of amides is 4. The van der Waals surface area contributed by atoms with Crippen molar-refractivity contribution in [2.75, 3.05) is 146 Å². The first-order valence-corrected chi connectivity index (χ1v) is 49.2. The number of hydrogen-bond acceptors (Lipinski definition) is 31. The third kappa shape index (κ3) is 31.7. The molecule has 12 fully saturated rings. The van der Waals surface area contributed by atoms with E-state index in [0.29, 0.717) is 98.1 Å². The molecule has 142 heavy (non-hydrogen) atoms. The van der Waals surface area contributed by atoms with E-state index in [1.54, 1.807) is 23.6 Å². The van der Waals surface area contributed by atoms with Gasteiger partial charge in [0, 0.05) is 170 Å². The van der Waals surface area contributed by atoms with Crippen molar-refractivity contribution in [2.45, 2.75) is 197 Å². The summed E-state index contributed by atoms with van der Waals surface area (Å²) in [7, 11) is 0. The highest BCUT2D eigenvalue weighted by Crippen LogP contribution is 2.56. The standard InChI is InChI=1S/C25H32FN5O3.C16H21ClFN3O3.C13H15ClFN3O2.C12H18N2O.C12H21NO3.C11H13ClFN3O.C4HCl2FN2.C4H6O3/c1-16-11-30(12-17(2)34-16)21-6-4-20(5-7-21)28-24-27-10-22(26)23(29-24)33-13-19-8-25(9-19)14-31(15-25)18(3)32;1-15(2,3)24-14(22)21-8-16(9-21)4-10(5-16)7-23-12-11(18)6-19-13(17)20-12;1-8(19)18-6-13(7-18)2-9(3-13)5-20-11-10(15)4-16-12(14)17-11;1-9-7-14(8-10(2)15-9)12-5-3-11(13)4-6-12;1-11(2,3)16-10(15)13-7-12(8-13)4-9(5-12)6-14;12-10-15-3-8(13)9(16-10)17-4-7-1-11(2-7)5-14-6-11;5-3-2(7)1-8-4(6)9-3;1-3(5)7-4(2)6/h4-7,10,16-17,19H,8-9,11-15H2,1-3H3,(H,27,28,29);6,10H,4-5,7-9H2,1-3H3;4,9H,2-3,5-7H2,1H3;3-6,9-10H,7-8,13H2,1-2H3;9,14H,4-8H2,1-3H3;3,7,14H,1-2,4-6H2;1H;1-2H3/t16-,17+;;;9-,10+;;;;. The first-order valence-electron chi connectivity index (χ1n) is 47.3. The second-order valence-corrected chi connectivity index (χ2v) is 43.2. The van der Waals surface area contributed by atoms with Gasteiger partial charge in [0.15, 0.2) is 11.0 Å². The predicted octanol–water partition coefficient (Wildman–Crippen LogP) is 16.0. The van der Waals surface area contributed by atoms with Gasteiger partial charge in [0.05, 0.1) is 81.8 Å². The van der Waals surface area contributed by atoms with Crippen molar-refractivity contribution in [1.29, 1.82) is 0 Å². The lowest BCUT2D eigenvalue weighted by molar-refractivity contribution is -0.156. The van der Waals surface area contributed by atoms with Crippen LogP contribution in [0.4, 0.5) is 60.2 Å². The van der Waals surface area contributed by atoms with Gasteiger partial charge in [-0.15, -0.1) is 0 Å². The minimum Gasteiger partial charge on any atom is -0.475 e. The molecule has 5 saturated carbocycles. The van der Waals surface area contributed by atoms with Crippen LogP contribution in [-0.4, -0.2) is 271 Å². The second kappa shape index (κ2) is 47.8. The summed E-state index contributed by atoms with van der Waals surface area (Å²) in [5, 5.41) is 15.0. The minimum atomic E-state index is -0.666. The fourth-order valence-corrected chi connectivity index (χ4v) is 20.8. The molecule has 4 atom stereocenters. The van der Waals surface area contributed by atoms with Crippen molar-refractivity contribution in [2.24, 2.45) is 56.7 Å². The molecule has 0 radical (unpaired) electrons. The van der Waals surface area contributed by atoms with Crippen LogP contribution in [0.5, 0.6) is 23.5 Å². The number of carbonyl (C=O) groups is 6. The zero-order valence-corrected chi connectivity index (χ0v) is 86.1. The molecular formula is C97H127Cl5F5N19O16. The Labute approximate surface area is 848 Å². The number of ether oxygens (including phenoxy) is 9. The molecule has 5 spiro atoms. The summed E-state index contributed by atoms with van der Waals surface area (Å²) in [6.07, 6.45) is 16.0. The second-order valence-electron chi connectivity index (χ2n) is 41.5. The molecule has 4 amide bonds. The van der Waals surface area contributed by atoms with Crippen LogP contribution in [0.15, 0.2) is 79.5 Å². The molecule has 7 saturated heterocycles. The quantitative estimate of drug-likeness (QED) is 0.0125. The van der Waals surface area contributed by atoms with Gasteiger partial charge in [-0.05, 0) is 263 Å². The van der Waals surface area contributed by atoms with Crippen molar-refractivity contribution < 1.29 is 98.5 Å². The van der Waals surface area contributed by atoms with E-state index >= 15 is 0 Å². The fraction of sp³-hybridized carbons (Fsp3) is 0.608. The number of nitrogens with two attached hydrogens (primary N) is 1. The van der Waals surface area contributed by atoms with Crippen LogP contribution in [0.3, 0.4) is 0 Å². The van der Waals surface area contributed by atoms with Crippen molar-refractivity contribution >= 4 is 123 Å². The molecule has 12 heterocycles. The average Bonchev–Trinajstić information content (AvgIpc) is 0.748. The number of nitrogens with one attached hydrogen (secondary N) is 2. The highest BCUT2D eigenvalue weighted by Gasteiger charge is 2.58. The average molecular weight is 2090 g/mol. The molecule has 19 rings (SSSR count). The van der Waals surface area contributed by atoms with Crippen LogP contribution >= 0.6 is 58.0 Å². The maximum Gasteiger partial charge on any atom is 0.410 e. The highest BCUT2D eigenvalue weighted by atomic mass is 35.5. The van der Waals surface area contributed by atoms with Gasteiger partial charge in [-0.2, -0.15) is 37.5 Å². The molecule has 5 aliphatic carbocycles. The van der Waals surface area contributed by atoms with Crippen molar-refractivity contribution in [1.82, 2.24) is 74.8 Å². The van der Waals surface area contributed by atoms with Crippen molar-refractivity contribution in [3.8, 4) is 23.5 Å². The topological polar surface area (TPSA) is 404 Å². The number of hydrogen-bond donors (Lipinski definition) is 4. The number of aromatic nitrogens is 10. The molecule has 5 N–H and O–H groups in total. The number of esters is 2. The van der Waals surface area contributed by atoms with E-state index in [1.165, 1.54) is 19.5 Å². The maximum absolute atomic E-state index is 14.2. The summed E-state index contributed by atoms with van der Waals surface area (Å²) in [5.74, 6) is -1.83. The first-order chi connectivity index (χ1) is 66.9. The fourth-order valence-electron chi connectivity index (χ4n) is 20.1. The van der Waals surface area contributed by atoms with E-state index in [0.717, 1.165) is 191 Å². The number of likely N-dealkylation sites (tertiary alicyclic amines) is 4. The molecule has 2 aromatic carbocycles. The van der Waals surface area contributed by atoms with Gasteiger partial charge in [-0.1, -0.05) is 11.6 Å². The van der Waals surface area contributed by atoms with Gasteiger partial charge < -0.3 is 93.5 Å². The van der Waals surface area contributed by atoms with E-state index in [4.69, 9.17) is 107 Å². The number of carbonyl (C=O) groups excluding carboxylic acids is 6. The van der Waals surface area contributed by atoms with E-state index < -0.39 is 52.2 Å². The van der Waals surface area contributed by atoms with Crippen molar-refractivity contribution in [3.63, 3.8) is 0 Å². The largest absolute Gasteiger partial charge is 0.475 e. The van der Waals surface area contributed by atoms with Gasteiger partial charge in [0.2, 0.25) is 62.2 Å². The molecule has 0 unspecified atom stereocenters. The Morgan fingerprint density at radius 1 is 0.430 bits per heavy atom. The zero-order chi connectivity index (χ0) is 103. The predicted molar refractivity (Wildman–Crippen MR) is 520 cm³/mol. The zero-order valence-electron chi connectivity index (χ0n) is 82.3. The summed E-state index contributed by atoms with van der Waals surface area (Å²) in [5.41, 5.74) is 10.3. The molecule has 0 bridgehead atoms. The molecule has 776 valence electrons. The monoisotopic (exact) mass is 2080 g/mol. The number of nitrogens with zero attached hydrogens (tertiary/aromatic N) is 16. The lowest BCUT2D eigenvalue weighted by atomic mass is 9.58. The maximum atomic E-state index is 14.2. The van der Waals surface area contributed by atoms with E-state index in [2.05, 4.69) is 115 Å². The molecule has 7 aliphatic heterocycles. The smallest absolute Gasteiger partial charge is 0.410 e. The number of halogens is 10. The molecule has 5 aromatic heterocycles. The lowest BCUT2D eigenvalue weighted by Gasteiger charge is -2.58. The third-order valence-electron chi connectivity index (χ3n) is 26.0. The van der Waals surface area contributed by atoms with Crippen LogP contribution < -0.4 is 45.1 Å². The van der Waals surface area contributed by atoms with Crippen LogP contribution in [0.1, 0.15) is 161 Å².